The quantitative estimate of drug-likeness (QED) is 0.860. The fourth-order valence-electron chi connectivity index (χ4n) is 2.47. The molecule has 1 aromatic carbocycles. The highest BCUT2D eigenvalue weighted by atomic mass is 35.5. The van der Waals surface area contributed by atoms with Gasteiger partial charge in [0, 0.05) is 0 Å². The van der Waals surface area contributed by atoms with Crippen molar-refractivity contribution in [1.82, 2.24) is 9.55 Å². The highest BCUT2D eigenvalue weighted by Crippen LogP contribution is 2.28. The molecule has 1 saturated heterocycles. The van der Waals surface area contributed by atoms with Gasteiger partial charge < -0.3 is 4.98 Å². The molecule has 1 aliphatic heterocycles. The third-order valence-corrected chi connectivity index (χ3v) is 5.32. The van der Waals surface area contributed by atoms with Crippen LogP contribution < -0.4 is 5.69 Å². The molecule has 1 unspecified atom stereocenters. The number of imidazole rings is 1. The molecule has 7 heteroatoms. The van der Waals surface area contributed by atoms with Crippen LogP contribution >= 0.6 is 11.6 Å². The first-order valence-corrected chi connectivity index (χ1v) is 7.77. The first-order chi connectivity index (χ1) is 8.48. The van der Waals surface area contributed by atoms with E-state index in [4.69, 9.17) is 11.6 Å². The van der Waals surface area contributed by atoms with E-state index in [0.717, 1.165) is 0 Å². The van der Waals surface area contributed by atoms with E-state index in [1.807, 2.05) is 0 Å². The van der Waals surface area contributed by atoms with Gasteiger partial charge in [0.2, 0.25) is 0 Å². The highest BCUT2D eigenvalue weighted by Gasteiger charge is 2.31. The number of para-hydroxylation sites is 1. The highest BCUT2D eigenvalue weighted by molar-refractivity contribution is 7.91. The smallest absolute Gasteiger partial charge is 0.305 e. The lowest BCUT2D eigenvalue weighted by atomic mass is 10.2. The number of H-pyrrole nitrogens is 1. The van der Waals surface area contributed by atoms with E-state index in [-0.39, 0.29) is 23.2 Å². The fourth-order valence-corrected chi connectivity index (χ4v) is 4.43. The molecule has 1 fully saturated rings. The number of nitrogens with one attached hydrogen (secondary N) is 1. The molecule has 0 bridgehead atoms. The Morgan fingerprint density at radius 3 is 2.83 bits per heavy atom. The average molecular weight is 287 g/mol. The van der Waals surface area contributed by atoms with Crippen molar-refractivity contribution >= 4 is 32.5 Å². The summed E-state index contributed by atoms with van der Waals surface area (Å²) in [6.07, 6.45) is 0.459. The van der Waals surface area contributed by atoms with E-state index in [1.165, 1.54) is 4.57 Å². The predicted octanol–water partition coefficient (Wildman–Crippen LogP) is 1.34. The summed E-state index contributed by atoms with van der Waals surface area (Å²) >= 11 is 6.10. The Hall–Kier alpha value is -1.27. The summed E-state index contributed by atoms with van der Waals surface area (Å²) in [7, 11) is -3.04. The van der Waals surface area contributed by atoms with Gasteiger partial charge in [-0.05, 0) is 18.6 Å². The molecule has 0 spiro atoms. The fraction of sp³-hybridized carbons (Fsp3) is 0.364. The first kappa shape index (κ1) is 11.8. The molecule has 96 valence electrons. The van der Waals surface area contributed by atoms with Crippen LogP contribution in [0, 0.1) is 0 Å². The molecule has 0 radical (unpaired) electrons. The van der Waals surface area contributed by atoms with Crippen molar-refractivity contribution in [3.8, 4) is 0 Å². The lowest BCUT2D eigenvalue weighted by Crippen LogP contribution is -2.23. The second-order valence-electron chi connectivity index (χ2n) is 4.49. The number of sulfone groups is 1. The minimum atomic E-state index is -3.04. The van der Waals surface area contributed by atoms with Gasteiger partial charge in [-0.3, -0.25) is 4.57 Å². The molecule has 1 N–H and O–H groups in total. The third-order valence-electron chi connectivity index (χ3n) is 3.26. The van der Waals surface area contributed by atoms with Crippen LogP contribution in [0.15, 0.2) is 23.0 Å². The maximum Gasteiger partial charge on any atom is 0.326 e. The van der Waals surface area contributed by atoms with Gasteiger partial charge in [-0.1, -0.05) is 17.7 Å². The van der Waals surface area contributed by atoms with Crippen LogP contribution in [0.4, 0.5) is 0 Å². The zero-order chi connectivity index (χ0) is 12.9. The number of halogens is 1. The molecule has 0 amide bonds. The minimum absolute atomic E-state index is 0.00504. The molecule has 1 aliphatic rings. The summed E-state index contributed by atoms with van der Waals surface area (Å²) in [5.74, 6) is 0.131. The number of fused-ring (bicyclic) bond motifs is 1. The number of hydrogen-bond donors (Lipinski definition) is 1. The van der Waals surface area contributed by atoms with Gasteiger partial charge in [0.25, 0.3) is 0 Å². The van der Waals surface area contributed by atoms with Crippen molar-refractivity contribution in [2.75, 3.05) is 11.5 Å². The molecular weight excluding hydrogens is 276 g/mol. The molecule has 18 heavy (non-hydrogen) atoms. The van der Waals surface area contributed by atoms with Crippen molar-refractivity contribution in [3.63, 3.8) is 0 Å². The molecule has 5 nitrogen and oxygen atoms in total. The van der Waals surface area contributed by atoms with E-state index < -0.39 is 9.84 Å². The van der Waals surface area contributed by atoms with Crippen LogP contribution in [-0.2, 0) is 9.84 Å². The second kappa shape index (κ2) is 3.86. The normalized spacial score (nSPS) is 22.6. The van der Waals surface area contributed by atoms with Gasteiger partial charge in [-0.25, -0.2) is 13.2 Å². The summed E-state index contributed by atoms with van der Waals surface area (Å²) in [4.78, 5) is 14.6. The van der Waals surface area contributed by atoms with Crippen LogP contribution in [0.5, 0.6) is 0 Å². The van der Waals surface area contributed by atoms with E-state index in [9.17, 15) is 13.2 Å². The summed E-state index contributed by atoms with van der Waals surface area (Å²) < 4.78 is 24.5. The van der Waals surface area contributed by atoms with E-state index in [0.29, 0.717) is 22.5 Å². The monoisotopic (exact) mass is 286 g/mol. The zero-order valence-corrected chi connectivity index (χ0v) is 11.0. The Morgan fingerprint density at radius 2 is 2.17 bits per heavy atom. The standard InChI is InChI=1S/C11H11ClN2O3S/c12-8-2-1-3-9-10(8)14(11(15)13-9)7-4-5-18(16,17)6-7/h1-3,7H,4-6H2,(H,13,15). The maximum absolute atomic E-state index is 11.9. The van der Waals surface area contributed by atoms with E-state index >= 15 is 0 Å². The van der Waals surface area contributed by atoms with Gasteiger partial charge in [0.1, 0.15) is 0 Å². The van der Waals surface area contributed by atoms with Crippen molar-refractivity contribution in [2.45, 2.75) is 12.5 Å². The lowest BCUT2D eigenvalue weighted by molar-refractivity contribution is 0.554. The van der Waals surface area contributed by atoms with Crippen LogP contribution in [0.1, 0.15) is 12.5 Å². The SMILES string of the molecule is O=c1[nH]c2cccc(Cl)c2n1C1CCS(=O)(=O)C1. The lowest BCUT2D eigenvalue weighted by Gasteiger charge is -2.10. The number of benzene rings is 1. The number of aromatic amines is 1. The topological polar surface area (TPSA) is 71.9 Å². The minimum Gasteiger partial charge on any atom is -0.305 e. The largest absolute Gasteiger partial charge is 0.326 e. The number of rotatable bonds is 1. The van der Waals surface area contributed by atoms with E-state index in [2.05, 4.69) is 4.98 Å². The maximum atomic E-state index is 11.9. The Kier molecular flexibility index (Phi) is 2.53. The van der Waals surface area contributed by atoms with Crippen molar-refractivity contribution in [2.24, 2.45) is 0 Å². The second-order valence-corrected chi connectivity index (χ2v) is 7.13. The van der Waals surface area contributed by atoms with Gasteiger partial charge in [-0.2, -0.15) is 0 Å². The van der Waals surface area contributed by atoms with Crippen molar-refractivity contribution in [3.05, 3.63) is 33.7 Å². The van der Waals surface area contributed by atoms with Crippen molar-refractivity contribution in [1.29, 1.82) is 0 Å². The van der Waals surface area contributed by atoms with Crippen LogP contribution in [0.25, 0.3) is 11.0 Å². The Labute approximate surface area is 108 Å². The van der Waals surface area contributed by atoms with Crippen LogP contribution in [-0.4, -0.2) is 29.5 Å². The van der Waals surface area contributed by atoms with Gasteiger partial charge in [-0.15, -0.1) is 0 Å². The number of hydrogen-bond acceptors (Lipinski definition) is 3. The molecule has 1 aromatic heterocycles. The van der Waals surface area contributed by atoms with Gasteiger partial charge >= 0.3 is 5.69 Å². The van der Waals surface area contributed by atoms with Crippen LogP contribution in [0.3, 0.4) is 0 Å². The number of aromatic nitrogens is 2. The van der Waals surface area contributed by atoms with Gasteiger partial charge in [0.15, 0.2) is 9.84 Å². The predicted molar refractivity (Wildman–Crippen MR) is 69.9 cm³/mol. The molecule has 2 heterocycles. The Balaban J connectivity index is 2.24. The third kappa shape index (κ3) is 1.76. The van der Waals surface area contributed by atoms with Crippen LogP contribution in [0.2, 0.25) is 5.02 Å². The molecule has 2 aromatic rings. The summed E-state index contributed by atoms with van der Waals surface area (Å²) in [5.41, 5.74) is 0.920. The van der Waals surface area contributed by atoms with Gasteiger partial charge in [0.05, 0.1) is 33.6 Å². The van der Waals surface area contributed by atoms with Crippen molar-refractivity contribution < 1.29 is 8.42 Å². The molecule has 1 atom stereocenters. The molecule has 3 rings (SSSR count). The zero-order valence-electron chi connectivity index (χ0n) is 9.39. The Bertz CT molecular complexity index is 775. The summed E-state index contributed by atoms with van der Waals surface area (Å²) in [5, 5.41) is 0.454. The first-order valence-electron chi connectivity index (χ1n) is 5.57. The summed E-state index contributed by atoms with van der Waals surface area (Å²) in [6.45, 7) is 0. The molecule has 0 aliphatic carbocycles. The Morgan fingerprint density at radius 1 is 1.39 bits per heavy atom. The molecular formula is C11H11ClN2O3S. The number of nitrogens with zero attached hydrogens (tertiary/aromatic N) is 1. The van der Waals surface area contributed by atoms with E-state index in [1.54, 1.807) is 18.2 Å². The molecule has 0 saturated carbocycles. The summed E-state index contributed by atoms with van der Waals surface area (Å²) in [6, 6.07) is 4.87. The average Bonchev–Trinajstić information content (AvgIpc) is 2.79.